The maximum absolute atomic E-state index is 2.36. The van der Waals surface area contributed by atoms with E-state index in [0.717, 1.165) is 6.42 Å². The van der Waals surface area contributed by atoms with Crippen molar-refractivity contribution in [1.29, 1.82) is 0 Å². The van der Waals surface area contributed by atoms with Crippen molar-refractivity contribution in [2.75, 3.05) is 0 Å². The van der Waals surface area contributed by atoms with Crippen LogP contribution in [-0.4, -0.2) is 16.3 Å². The van der Waals surface area contributed by atoms with E-state index in [4.69, 9.17) is 0 Å². The van der Waals surface area contributed by atoms with Gasteiger partial charge in [0, 0.05) is 12.5 Å². The smallest absolute Gasteiger partial charge is 0.185 e. The van der Waals surface area contributed by atoms with Gasteiger partial charge < -0.3 is 0 Å². The second kappa shape index (κ2) is 2.08. The molecule has 10 heavy (non-hydrogen) atoms. The largest absolute Gasteiger partial charge is 0.200 e. The molecule has 0 radical (unpaired) electrons. The summed E-state index contributed by atoms with van der Waals surface area (Å²) in [6.07, 6.45) is 11.2. The molecule has 0 N–H and O–H groups in total. The van der Waals surface area contributed by atoms with Crippen LogP contribution < -0.4 is 0 Å². The summed E-state index contributed by atoms with van der Waals surface area (Å²) in [5.74, 6) is 0. The van der Waals surface area contributed by atoms with E-state index in [2.05, 4.69) is 35.9 Å². The Morgan fingerprint density at radius 3 is 3.20 bits per heavy atom. The van der Waals surface area contributed by atoms with Crippen LogP contribution in [0.15, 0.2) is 24.4 Å². The Labute approximate surface area is 61.4 Å². The van der Waals surface area contributed by atoms with E-state index >= 15 is 0 Å². The van der Waals surface area contributed by atoms with Crippen LogP contribution in [0.25, 0.3) is 0 Å². The Bertz CT molecular complexity index is 233. The van der Waals surface area contributed by atoms with Gasteiger partial charge in [-0.2, -0.15) is 4.58 Å². The van der Waals surface area contributed by atoms with Gasteiger partial charge in [-0.1, -0.05) is 6.08 Å². The topological polar surface area (TPSA) is 3.01 Å². The van der Waals surface area contributed by atoms with Crippen LogP contribution in [0.2, 0.25) is 0 Å². The van der Waals surface area contributed by atoms with Gasteiger partial charge in [0.15, 0.2) is 18.0 Å². The van der Waals surface area contributed by atoms with Crippen molar-refractivity contribution in [3.8, 4) is 0 Å². The Hall–Kier alpha value is -0.850. The zero-order chi connectivity index (χ0) is 6.97. The number of hydrogen-bond acceptors (Lipinski definition) is 0. The van der Waals surface area contributed by atoms with Crippen molar-refractivity contribution in [3.05, 3.63) is 24.4 Å². The molecule has 1 nitrogen and oxygen atoms in total. The van der Waals surface area contributed by atoms with Crippen LogP contribution >= 0.6 is 0 Å². The number of hydrogen-bond donors (Lipinski definition) is 0. The summed E-state index contributed by atoms with van der Waals surface area (Å²) in [6, 6.07) is 0.679. The van der Waals surface area contributed by atoms with Gasteiger partial charge in [-0.15, -0.1) is 0 Å². The van der Waals surface area contributed by atoms with Gasteiger partial charge in [0.1, 0.15) is 0 Å². The minimum absolute atomic E-state index is 0.679. The first-order valence-corrected chi connectivity index (χ1v) is 3.85. The standard InChI is InChI=1S/C9H12N/c1-8-4-2-5-9-6-3-7-10(8)9/h2-3,5,7-8H,4,6H2,1H3/q+1/t8-/m0/s1. The van der Waals surface area contributed by atoms with E-state index in [-0.39, 0.29) is 0 Å². The second-order valence-corrected chi connectivity index (χ2v) is 2.97. The van der Waals surface area contributed by atoms with E-state index in [0.29, 0.717) is 6.04 Å². The highest BCUT2D eigenvalue weighted by atomic mass is 15.0. The molecular weight excluding hydrogens is 122 g/mol. The quantitative estimate of drug-likeness (QED) is 0.444. The highest BCUT2D eigenvalue weighted by Gasteiger charge is 2.23. The van der Waals surface area contributed by atoms with Crippen LogP contribution in [0.1, 0.15) is 19.8 Å². The summed E-state index contributed by atoms with van der Waals surface area (Å²) in [4.78, 5) is 0. The van der Waals surface area contributed by atoms with Crippen LogP contribution in [0, 0.1) is 0 Å². The molecule has 0 aliphatic carbocycles. The van der Waals surface area contributed by atoms with Crippen molar-refractivity contribution >= 4 is 5.71 Å². The minimum atomic E-state index is 0.679. The summed E-state index contributed by atoms with van der Waals surface area (Å²) in [5.41, 5.74) is 1.46. The summed E-state index contributed by atoms with van der Waals surface area (Å²) in [5, 5.41) is 0. The fourth-order valence-corrected chi connectivity index (χ4v) is 1.59. The van der Waals surface area contributed by atoms with E-state index in [1.165, 1.54) is 12.1 Å². The Balaban J connectivity index is 2.37. The van der Waals surface area contributed by atoms with Crippen LogP contribution in [0.4, 0.5) is 0 Å². The first-order chi connectivity index (χ1) is 4.88. The number of nitrogens with zero attached hydrogens (tertiary/aromatic N) is 1. The molecule has 0 unspecified atom stereocenters. The molecular formula is C9H12N+. The Morgan fingerprint density at radius 2 is 2.40 bits per heavy atom. The molecule has 1 heteroatoms. The van der Waals surface area contributed by atoms with E-state index < -0.39 is 0 Å². The normalized spacial score (nSPS) is 29.5. The van der Waals surface area contributed by atoms with Gasteiger partial charge in [-0.25, -0.2) is 0 Å². The molecule has 0 spiro atoms. The summed E-state index contributed by atoms with van der Waals surface area (Å²) in [7, 11) is 0. The van der Waals surface area contributed by atoms with Crippen molar-refractivity contribution in [1.82, 2.24) is 0 Å². The van der Waals surface area contributed by atoms with Gasteiger partial charge in [-0.05, 0) is 13.0 Å². The lowest BCUT2D eigenvalue weighted by Crippen LogP contribution is -2.23. The average Bonchev–Trinajstić information content (AvgIpc) is 2.36. The fraction of sp³-hybridized carbons (Fsp3) is 0.444. The van der Waals surface area contributed by atoms with Gasteiger partial charge in [0.05, 0.1) is 6.42 Å². The van der Waals surface area contributed by atoms with Gasteiger partial charge in [0.25, 0.3) is 0 Å². The van der Waals surface area contributed by atoms with Gasteiger partial charge in [-0.3, -0.25) is 0 Å². The Kier molecular flexibility index (Phi) is 1.23. The van der Waals surface area contributed by atoms with Gasteiger partial charge in [0.2, 0.25) is 0 Å². The molecule has 2 rings (SSSR count). The van der Waals surface area contributed by atoms with Gasteiger partial charge >= 0.3 is 0 Å². The van der Waals surface area contributed by atoms with E-state index in [9.17, 15) is 0 Å². The van der Waals surface area contributed by atoms with Crippen molar-refractivity contribution < 1.29 is 4.58 Å². The summed E-state index contributed by atoms with van der Waals surface area (Å²) < 4.78 is 2.36. The third kappa shape index (κ3) is 0.737. The predicted molar refractivity (Wildman–Crippen MR) is 42.2 cm³/mol. The maximum atomic E-state index is 2.36. The maximum Gasteiger partial charge on any atom is 0.185 e. The summed E-state index contributed by atoms with van der Waals surface area (Å²) >= 11 is 0. The monoisotopic (exact) mass is 134 g/mol. The van der Waals surface area contributed by atoms with Crippen molar-refractivity contribution in [2.45, 2.75) is 25.8 Å². The van der Waals surface area contributed by atoms with Crippen molar-refractivity contribution in [3.63, 3.8) is 0 Å². The lowest BCUT2D eigenvalue weighted by Gasteiger charge is -2.08. The zero-order valence-electron chi connectivity index (χ0n) is 6.25. The molecule has 2 aliphatic heterocycles. The SMILES string of the molecule is C[C@H]1CC=CC2=[N+]1C=CC2. The molecule has 0 saturated heterocycles. The van der Waals surface area contributed by atoms with Crippen LogP contribution in [0.3, 0.4) is 0 Å². The summed E-state index contributed by atoms with van der Waals surface area (Å²) in [6.45, 7) is 2.26. The molecule has 52 valence electrons. The molecule has 1 atom stereocenters. The lowest BCUT2D eigenvalue weighted by molar-refractivity contribution is -0.493. The highest BCUT2D eigenvalue weighted by molar-refractivity contribution is 5.93. The first kappa shape index (κ1) is 5.90. The average molecular weight is 134 g/mol. The molecule has 0 aromatic heterocycles. The zero-order valence-corrected chi connectivity index (χ0v) is 6.25. The van der Waals surface area contributed by atoms with Crippen molar-refractivity contribution in [2.24, 2.45) is 0 Å². The van der Waals surface area contributed by atoms with Crippen LogP contribution in [-0.2, 0) is 0 Å². The first-order valence-electron chi connectivity index (χ1n) is 3.85. The molecule has 0 saturated carbocycles. The van der Waals surface area contributed by atoms with E-state index in [1.807, 2.05) is 0 Å². The number of rotatable bonds is 0. The lowest BCUT2D eigenvalue weighted by atomic mass is 10.1. The Morgan fingerprint density at radius 1 is 1.50 bits per heavy atom. The molecule has 0 bridgehead atoms. The third-order valence-electron chi connectivity index (χ3n) is 2.19. The number of allylic oxidation sites excluding steroid dienone is 2. The molecule has 0 aromatic carbocycles. The molecule has 0 aromatic rings. The van der Waals surface area contributed by atoms with E-state index in [1.54, 1.807) is 0 Å². The molecule has 2 heterocycles. The highest BCUT2D eigenvalue weighted by Crippen LogP contribution is 2.13. The minimum Gasteiger partial charge on any atom is -0.200 e. The van der Waals surface area contributed by atoms with Crippen LogP contribution in [0.5, 0.6) is 0 Å². The second-order valence-electron chi connectivity index (χ2n) is 2.97. The molecule has 0 fully saturated rings. The fourth-order valence-electron chi connectivity index (χ4n) is 1.59. The third-order valence-corrected chi connectivity index (χ3v) is 2.19. The predicted octanol–water partition coefficient (Wildman–Crippen LogP) is 1.71. The molecule has 0 amide bonds. The molecule has 2 aliphatic rings.